The second-order valence-electron chi connectivity index (χ2n) is 5.29. The van der Waals surface area contributed by atoms with Crippen LogP contribution in [0.3, 0.4) is 0 Å². The zero-order chi connectivity index (χ0) is 13.7. The van der Waals surface area contributed by atoms with Gasteiger partial charge < -0.3 is 4.90 Å². The first kappa shape index (κ1) is 13.6. The van der Waals surface area contributed by atoms with Crippen LogP contribution in [0.25, 0.3) is 0 Å². The number of hydrogen-bond acceptors (Lipinski definition) is 1. The molecule has 0 saturated carbocycles. The Labute approximate surface area is 115 Å². The van der Waals surface area contributed by atoms with Crippen molar-refractivity contribution >= 4 is 5.91 Å². The van der Waals surface area contributed by atoms with Gasteiger partial charge >= 0.3 is 0 Å². The Morgan fingerprint density at radius 2 is 1.53 bits per heavy atom. The molecule has 2 unspecified atom stereocenters. The van der Waals surface area contributed by atoms with E-state index in [2.05, 4.69) is 19.1 Å². The van der Waals surface area contributed by atoms with Crippen molar-refractivity contribution < 1.29 is 4.79 Å². The molecule has 2 rings (SSSR count). The van der Waals surface area contributed by atoms with Crippen LogP contribution in [0.4, 0.5) is 0 Å². The lowest BCUT2D eigenvalue weighted by Gasteiger charge is -2.33. The molecular weight excluding hydrogens is 234 g/mol. The summed E-state index contributed by atoms with van der Waals surface area (Å²) in [6, 6.07) is 18.0. The first-order valence-corrected chi connectivity index (χ1v) is 6.81. The van der Waals surface area contributed by atoms with Gasteiger partial charge in [-0.05, 0) is 17.9 Å². The van der Waals surface area contributed by atoms with E-state index in [1.165, 1.54) is 0 Å². The van der Waals surface area contributed by atoms with Crippen molar-refractivity contribution in [2.24, 2.45) is 5.92 Å². The Kier molecular flexibility index (Phi) is 4.56. The highest BCUT2D eigenvalue weighted by molar-refractivity contribution is 5.84. The van der Waals surface area contributed by atoms with E-state index in [1.54, 1.807) is 0 Å². The number of hydrogen-bond donors (Lipinski definition) is 0. The minimum atomic E-state index is -0.00791. The van der Waals surface area contributed by atoms with E-state index in [0.717, 1.165) is 18.5 Å². The van der Waals surface area contributed by atoms with E-state index in [-0.39, 0.29) is 11.8 Å². The summed E-state index contributed by atoms with van der Waals surface area (Å²) in [4.78, 5) is 14.2. The van der Waals surface area contributed by atoms with Gasteiger partial charge in [-0.2, -0.15) is 0 Å². The molecule has 1 saturated heterocycles. The van der Waals surface area contributed by atoms with Crippen LogP contribution in [-0.2, 0) is 4.79 Å². The lowest BCUT2D eigenvalue weighted by Crippen LogP contribution is -2.40. The van der Waals surface area contributed by atoms with Crippen LogP contribution in [0, 0.1) is 5.92 Å². The number of likely N-dealkylation sites (tertiary alicyclic amines) is 1. The van der Waals surface area contributed by atoms with Crippen LogP contribution < -0.4 is 0 Å². The van der Waals surface area contributed by atoms with Crippen molar-refractivity contribution in [3.05, 3.63) is 60.2 Å². The van der Waals surface area contributed by atoms with Crippen molar-refractivity contribution in [1.29, 1.82) is 0 Å². The highest BCUT2D eigenvalue weighted by Crippen LogP contribution is 2.29. The number of likely N-dealkylation sites (N-methyl/N-ethyl adjacent to an activating group) is 1. The minimum Gasteiger partial charge on any atom is -0.345 e. The fourth-order valence-corrected chi connectivity index (χ4v) is 2.62. The van der Waals surface area contributed by atoms with Gasteiger partial charge in [0.25, 0.3) is 0 Å². The van der Waals surface area contributed by atoms with E-state index in [0.29, 0.717) is 5.92 Å². The van der Waals surface area contributed by atoms with Crippen LogP contribution >= 0.6 is 0 Å². The number of carbonyl (C=O) groups excluding carboxylic acids is 1. The Bertz CT molecular complexity index is 471. The molecule has 0 N–H and O–H groups in total. The van der Waals surface area contributed by atoms with Gasteiger partial charge in [-0.1, -0.05) is 61.5 Å². The molecule has 0 aromatic heterocycles. The molecule has 1 aliphatic heterocycles. The summed E-state index contributed by atoms with van der Waals surface area (Å²) in [5.74, 6) is 0.780. The molecule has 0 aliphatic carbocycles. The summed E-state index contributed by atoms with van der Waals surface area (Å²) in [6.07, 6.45) is 0.937. The minimum absolute atomic E-state index is 0.00791. The predicted octanol–water partition coefficient (Wildman–Crippen LogP) is 3.39. The third kappa shape index (κ3) is 3.57. The van der Waals surface area contributed by atoms with Crippen LogP contribution in [0.15, 0.2) is 54.6 Å². The van der Waals surface area contributed by atoms with Crippen molar-refractivity contribution in [3.63, 3.8) is 0 Å². The van der Waals surface area contributed by atoms with Gasteiger partial charge in [0, 0.05) is 13.6 Å². The molecule has 1 aromatic rings. The third-order valence-corrected chi connectivity index (χ3v) is 3.54. The predicted molar refractivity (Wildman–Crippen MR) is 78.2 cm³/mol. The Balaban J connectivity index is 2.37. The van der Waals surface area contributed by atoms with Gasteiger partial charge in [-0.3, -0.25) is 4.79 Å². The number of nitrogens with zero attached hydrogens (tertiary/aromatic N) is 1. The number of rotatable bonds is 1. The molecule has 2 atom stereocenters. The summed E-state index contributed by atoms with van der Waals surface area (Å²) in [5.41, 5.74) is 1.10. The van der Waals surface area contributed by atoms with Crippen molar-refractivity contribution in [3.8, 4) is 0 Å². The van der Waals surface area contributed by atoms with Crippen molar-refractivity contribution in [1.82, 2.24) is 4.90 Å². The van der Waals surface area contributed by atoms with Gasteiger partial charge in [0.05, 0.1) is 5.92 Å². The van der Waals surface area contributed by atoms with E-state index in [4.69, 9.17) is 0 Å². The summed E-state index contributed by atoms with van der Waals surface area (Å²) < 4.78 is 0. The zero-order valence-corrected chi connectivity index (χ0v) is 11.6. The summed E-state index contributed by atoms with van der Waals surface area (Å²) >= 11 is 0. The molecule has 1 amide bonds. The normalized spacial score (nSPS) is 22.8. The molecule has 1 aliphatic rings. The fourth-order valence-electron chi connectivity index (χ4n) is 2.62. The second-order valence-corrected chi connectivity index (χ2v) is 5.29. The van der Waals surface area contributed by atoms with Gasteiger partial charge in [-0.15, -0.1) is 0 Å². The Morgan fingerprint density at radius 3 is 2.11 bits per heavy atom. The maximum Gasteiger partial charge on any atom is 0.229 e. The van der Waals surface area contributed by atoms with E-state index >= 15 is 0 Å². The summed E-state index contributed by atoms with van der Waals surface area (Å²) in [6.45, 7) is 3.07. The molecule has 0 radical (unpaired) electrons. The lowest BCUT2D eigenvalue weighted by atomic mass is 9.85. The molecule has 0 bridgehead atoms. The van der Waals surface area contributed by atoms with Crippen LogP contribution in [0.2, 0.25) is 0 Å². The topological polar surface area (TPSA) is 20.3 Å². The van der Waals surface area contributed by atoms with Crippen molar-refractivity contribution in [2.75, 3.05) is 13.6 Å². The standard InChI is InChI=1S/C17H21NO/c1-14-12-16(17(19)18(2)13-14)15-10-8-6-4-3-5-7-9-11-15/h3-11,14,16H,12-13H2,1-2H3. The summed E-state index contributed by atoms with van der Waals surface area (Å²) in [7, 11) is 1.90. The maximum atomic E-state index is 12.3. The maximum absolute atomic E-state index is 12.3. The summed E-state index contributed by atoms with van der Waals surface area (Å²) in [5, 5.41) is 0. The Hall–Kier alpha value is -1.83. The van der Waals surface area contributed by atoms with E-state index in [9.17, 15) is 4.79 Å². The molecule has 1 heterocycles. The van der Waals surface area contributed by atoms with E-state index in [1.807, 2.05) is 54.4 Å². The second kappa shape index (κ2) is 6.37. The van der Waals surface area contributed by atoms with Gasteiger partial charge in [0.1, 0.15) is 0 Å². The van der Waals surface area contributed by atoms with Gasteiger partial charge in [-0.25, -0.2) is 0 Å². The highest BCUT2D eigenvalue weighted by Gasteiger charge is 2.30. The van der Waals surface area contributed by atoms with E-state index < -0.39 is 0 Å². The van der Waals surface area contributed by atoms with Crippen LogP contribution in [-0.4, -0.2) is 24.4 Å². The molecule has 19 heavy (non-hydrogen) atoms. The average molecular weight is 255 g/mol. The monoisotopic (exact) mass is 255 g/mol. The first-order chi connectivity index (χ1) is 9.18. The van der Waals surface area contributed by atoms with Crippen LogP contribution in [0.1, 0.15) is 24.8 Å². The SMILES string of the molecule is CC1CC(c2ccccccccc2)C(=O)N(C)C1. The van der Waals surface area contributed by atoms with Gasteiger partial charge in [0.15, 0.2) is 0 Å². The largest absolute Gasteiger partial charge is 0.345 e. The lowest BCUT2D eigenvalue weighted by molar-refractivity contribution is -0.135. The quantitative estimate of drug-likeness (QED) is 0.753. The average Bonchev–Trinajstić information content (AvgIpc) is 2.40. The molecular formula is C17H21NO. The fraction of sp³-hybridized carbons (Fsp3) is 0.353. The number of amides is 1. The molecule has 1 fully saturated rings. The smallest absolute Gasteiger partial charge is 0.229 e. The molecule has 100 valence electrons. The zero-order valence-electron chi connectivity index (χ0n) is 11.6. The van der Waals surface area contributed by atoms with Gasteiger partial charge in [0.2, 0.25) is 5.91 Å². The third-order valence-electron chi connectivity index (χ3n) is 3.54. The molecule has 2 nitrogen and oxygen atoms in total. The van der Waals surface area contributed by atoms with Crippen molar-refractivity contribution in [2.45, 2.75) is 19.3 Å². The molecule has 2 heteroatoms. The highest BCUT2D eigenvalue weighted by atomic mass is 16.2. The Morgan fingerprint density at radius 1 is 1.00 bits per heavy atom. The molecule has 0 spiro atoms. The molecule has 1 aromatic carbocycles. The first-order valence-electron chi connectivity index (χ1n) is 6.81. The number of carbonyl (C=O) groups is 1. The van der Waals surface area contributed by atoms with Crippen LogP contribution in [0.5, 0.6) is 0 Å². The number of piperidine rings is 1.